The summed E-state index contributed by atoms with van der Waals surface area (Å²) in [6, 6.07) is 8.61. The number of ether oxygens (including phenoxy) is 1. The maximum Gasteiger partial charge on any atom is 0.255 e. The quantitative estimate of drug-likeness (QED) is 0.230. The molecule has 2 atom stereocenters. The molecule has 2 aliphatic rings. The van der Waals surface area contributed by atoms with E-state index >= 15 is 0 Å². The van der Waals surface area contributed by atoms with Crippen molar-refractivity contribution in [3.8, 4) is 0 Å². The standard InChI is InChI=1S/C30H28ClF3N2O5S/c31-23-6-5-19(29(37)36-22-13-24(32)27(34)25(33)14-22)12-26(23)42(39,40)28-20-3-4-21(28)16-30(38,15-20)17-41-11-1-2-18-7-9-35-10-8-18/h1-2,5-10,12-14,20-21,28,38H,3-4,11,15-17H2,(H,36,37)/b2-1+/t20?,21?,28-,30-. The Kier molecular flexibility index (Phi) is 8.75. The molecule has 0 radical (unpaired) electrons. The fourth-order valence-electron chi connectivity index (χ4n) is 6.08. The highest BCUT2D eigenvalue weighted by Crippen LogP contribution is 2.51. The minimum Gasteiger partial charge on any atom is -0.387 e. The lowest BCUT2D eigenvalue weighted by atomic mass is 9.77. The maximum atomic E-state index is 13.9. The molecular weight excluding hydrogens is 593 g/mol. The summed E-state index contributed by atoms with van der Waals surface area (Å²) in [5, 5.41) is 12.6. The van der Waals surface area contributed by atoms with Crippen LogP contribution < -0.4 is 5.32 Å². The van der Waals surface area contributed by atoms with Gasteiger partial charge < -0.3 is 15.2 Å². The Balaban J connectivity index is 1.27. The van der Waals surface area contributed by atoms with Gasteiger partial charge in [0.05, 0.1) is 34.0 Å². The number of fused-ring (bicyclic) bond motifs is 2. The number of nitrogens with one attached hydrogen (secondary N) is 1. The number of halogens is 4. The zero-order valence-electron chi connectivity index (χ0n) is 22.3. The summed E-state index contributed by atoms with van der Waals surface area (Å²) >= 11 is 6.31. The topological polar surface area (TPSA) is 106 Å². The fourth-order valence-corrected chi connectivity index (χ4v) is 8.92. The Morgan fingerprint density at radius 1 is 1.07 bits per heavy atom. The molecule has 2 bridgehead atoms. The molecule has 2 unspecified atom stereocenters. The number of benzene rings is 2. The first-order valence-corrected chi connectivity index (χ1v) is 15.3. The zero-order valence-corrected chi connectivity index (χ0v) is 23.8. The third kappa shape index (κ3) is 6.39. The average molecular weight is 621 g/mol. The number of amides is 1. The molecule has 2 fully saturated rings. The molecule has 5 rings (SSSR count). The fraction of sp³-hybridized carbons (Fsp3) is 0.333. The zero-order chi connectivity index (χ0) is 30.1. The van der Waals surface area contributed by atoms with Crippen LogP contribution in [0.1, 0.15) is 41.6 Å². The van der Waals surface area contributed by atoms with Crippen LogP contribution in [-0.2, 0) is 14.6 Å². The highest BCUT2D eigenvalue weighted by atomic mass is 35.5. The molecule has 2 aliphatic carbocycles. The van der Waals surface area contributed by atoms with Crippen molar-refractivity contribution in [2.75, 3.05) is 18.5 Å². The van der Waals surface area contributed by atoms with Crippen LogP contribution in [-0.4, -0.2) is 48.5 Å². The van der Waals surface area contributed by atoms with Gasteiger partial charge in [0, 0.05) is 35.8 Å². The van der Waals surface area contributed by atoms with Crippen LogP contribution in [0.25, 0.3) is 6.08 Å². The van der Waals surface area contributed by atoms with E-state index in [1.165, 1.54) is 12.1 Å². The van der Waals surface area contributed by atoms with Crippen molar-refractivity contribution < 1.29 is 36.2 Å². The Labute approximate surface area is 246 Å². The molecule has 2 N–H and O–H groups in total. The number of aliphatic hydroxyl groups is 1. The van der Waals surface area contributed by atoms with Gasteiger partial charge in [0.25, 0.3) is 5.91 Å². The van der Waals surface area contributed by atoms with Crippen molar-refractivity contribution >= 4 is 39.1 Å². The van der Waals surface area contributed by atoms with Crippen molar-refractivity contribution in [2.45, 2.75) is 41.4 Å². The van der Waals surface area contributed by atoms with E-state index in [0.29, 0.717) is 25.0 Å². The van der Waals surface area contributed by atoms with Crippen molar-refractivity contribution in [1.82, 2.24) is 4.98 Å². The maximum absolute atomic E-state index is 13.9. The Morgan fingerprint density at radius 2 is 1.71 bits per heavy atom. The first-order chi connectivity index (χ1) is 20.0. The van der Waals surface area contributed by atoms with Gasteiger partial charge in [0.15, 0.2) is 27.3 Å². The first-order valence-electron chi connectivity index (χ1n) is 13.3. The summed E-state index contributed by atoms with van der Waals surface area (Å²) in [6.07, 6.45) is 8.77. The van der Waals surface area contributed by atoms with Crippen LogP contribution >= 0.6 is 11.6 Å². The number of nitrogens with zero attached hydrogens (tertiary/aromatic N) is 1. The summed E-state index contributed by atoms with van der Waals surface area (Å²) in [6.45, 7) is 0.345. The number of pyridine rings is 1. The highest BCUT2D eigenvalue weighted by Gasteiger charge is 2.54. The molecule has 2 saturated carbocycles. The number of anilines is 1. The molecule has 7 nitrogen and oxygen atoms in total. The number of hydrogen-bond acceptors (Lipinski definition) is 6. The van der Waals surface area contributed by atoms with Crippen molar-refractivity contribution in [3.05, 3.63) is 94.5 Å². The number of sulfone groups is 1. The minimum absolute atomic E-state index is 0.0639. The summed E-state index contributed by atoms with van der Waals surface area (Å²) < 4.78 is 73.9. The van der Waals surface area contributed by atoms with E-state index in [-0.39, 0.29) is 59.1 Å². The monoisotopic (exact) mass is 620 g/mol. The Bertz CT molecular complexity index is 1580. The van der Waals surface area contributed by atoms with Gasteiger partial charge in [-0.1, -0.05) is 23.8 Å². The van der Waals surface area contributed by atoms with E-state index in [4.69, 9.17) is 16.3 Å². The lowest BCUT2D eigenvalue weighted by Gasteiger charge is -2.40. The van der Waals surface area contributed by atoms with E-state index < -0.39 is 44.0 Å². The molecule has 0 saturated heterocycles. The number of aromatic nitrogens is 1. The van der Waals surface area contributed by atoms with Crippen LogP contribution in [0.2, 0.25) is 5.02 Å². The van der Waals surface area contributed by atoms with E-state index in [2.05, 4.69) is 10.3 Å². The van der Waals surface area contributed by atoms with E-state index in [1.807, 2.05) is 24.3 Å². The Morgan fingerprint density at radius 3 is 2.36 bits per heavy atom. The second-order valence-electron chi connectivity index (χ2n) is 10.8. The van der Waals surface area contributed by atoms with E-state index in [0.717, 1.165) is 11.6 Å². The van der Waals surface area contributed by atoms with Gasteiger partial charge >= 0.3 is 0 Å². The molecular formula is C30H28ClF3N2O5S. The van der Waals surface area contributed by atoms with Gasteiger partial charge in [-0.15, -0.1) is 0 Å². The van der Waals surface area contributed by atoms with Gasteiger partial charge in [-0.2, -0.15) is 0 Å². The minimum atomic E-state index is -4.04. The van der Waals surface area contributed by atoms with Crippen molar-refractivity contribution in [2.24, 2.45) is 11.8 Å². The lowest BCUT2D eigenvalue weighted by Crippen LogP contribution is -2.48. The molecule has 1 amide bonds. The average Bonchev–Trinajstić information content (AvgIpc) is 3.25. The molecule has 0 aliphatic heterocycles. The van der Waals surface area contributed by atoms with Crippen LogP contribution in [0.4, 0.5) is 18.9 Å². The van der Waals surface area contributed by atoms with Gasteiger partial charge in [-0.05, 0) is 73.4 Å². The summed E-state index contributed by atoms with van der Waals surface area (Å²) in [4.78, 5) is 16.5. The molecule has 3 aromatic rings. The van der Waals surface area contributed by atoms with Gasteiger partial charge in [-0.3, -0.25) is 9.78 Å². The smallest absolute Gasteiger partial charge is 0.255 e. The lowest BCUT2D eigenvalue weighted by molar-refractivity contribution is -0.0777. The Hall–Kier alpha value is -3.25. The second kappa shape index (κ2) is 12.2. The highest BCUT2D eigenvalue weighted by molar-refractivity contribution is 7.92. The van der Waals surface area contributed by atoms with Crippen LogP contribution in [0.3, 0.4) is 0 Å². The molecule has 1 aromatic heterocycles. The molecule has 1 heterocycles. The predicted octanol–water partition coefficient (Wildman–Crippen LogP) is 5.83. The summed E-state index contributed by atoms with van der Waals surface area (Å²) in [5.74, 6) is -6.17. The molecule has 42 heavy (non-hydrogen) atoms. The SMILES string of the molecule is O=C(Nc1cc(F)c(F)c(F)c1)c1ccc(Cl)c(S(=O)(=O)[C@H]2C3CCC2C[C@](O)(COC/C=C/c2ccncc2)C3)c1. The largest absolute Gasteiger partial charge is 0.387 e. The number of hydrogen-bond donors (Lipinski definition) is 2. The molecule has 222 valence electrons. The number of rotatable bonds is 9. The van der Waals surface area contributed by atoms with Crippen LogP contribution in [0, 0.1) is 29.3 Å². The predicted molar refractivity (Wildman–Crippen MR) is 151 cm³/mol. The number of carbonyl (C=O) groups is 1. The van der Waals surface area contributed by atoms with E-state index in [9.17, 15) is 31.5 Å². The van der Waals surface area contributed by atoms with E-state index in [1.54, 1.807) is 12.4 Å². The van der Waals surface area contributed by atoms with Gasteiger partial charge in [-0.25, -0.2) is 21.6 Å². The molecule has 12 heteroatoms. The third-order valence-electron chi connectivity index (χ3n) is 7.82. The van der Waals surface area contributed by atoms with Crippen LogP contribution in [0.5, 0.6) is 0 Å². The summed E-state index contributed by atoms with van der Waals surface area (Å²) in [7, 11) is -4.04. The number of carbonyl (C=O) groups excluding carboxylic acids is 1. The first kappa shape index (κ1) is 30.2. The van der Waals surface area contributed by atoms with Crippen molar-refractivity contribution in [3.63, 3.8) is 0 Å². The third-order valence-corrected chi connectivity index (χ3v) is 10.7. The molecule has 0 spiro atoms. The van der Waals surface area contributed by atoms with Gasteiger partial charge in [0.1, 0.15) is 0 Å². The normalized spacial score (nSPS) is 23.8. The molecule has 2 aromatic carbocycles. The summed E-state index contributed by atoms with van der Waals surface area (Å²) in [5.41, 5.74) is -0.658. The van der Waals surface area contributed by atoms with Crippen molar-refractivity contribution in [1.29, 1.82) is 0 Å². The van der Waals surface area contributed by atoms with Crippen LogP contribution in [0.15, 0.2) is 65.8 Å². The second-order valence-corrected chi connectivity index (χ2v) is 13.3. The van der Waals surface area contributed by atoms with Gasteiger partial charge in [0.2, 0.25) is 0 Å².